The molecule has 0 unspecified atom stereocenters. The average Bonchev–Trinajstić information content (AvgIpc) is 2.82. The van der Waals surface area contributed by atoms with Crippen LogP contribution >= 0.6 is 0 Å². The molecule has 0 amide bonds. The van der Waals surface area contributed by atoms with Gasteiger partial charge in [-0.2, -0.15) is 5.10 Å². The lowest BCUT2D eigenvalue weighted by Gasteiger charge is -2.19. The Bertz CT molecular complexity index is 1440. The number of fused-ring (bicyclic) bond motifs is 2. The molecule has 1 aliphatic heterocycles. The molecule has 6 heteroatoms. The molecule has 6 nitrogen and oxygen atoms in total. The van der Waals surface area contributed by atoms with Crippen LogP contribution in [-0.2, 0) is 0 Å². The van der Waals surface area contributed by atoms with Crippen LogP contribution in [0.1, 0.15) is 0 Å². The third-order valence-electron chi connectivity index (χ3n) is 5.37. The first kappa shape index (κ1) is 19.6. The van der Waals surface area contributed by atoms with Gasteiger partial charge in [0.15, 0.2) is 0 Å². The Morgan fingerprint density at radius 3 is 2.53 bits per heavy atom. The number of hydrogen-bond acceptors (Lipinski definition) is 5. The van der Waals surface area contributed by atoms with E-state index in [-0.39, 0.29) is 0 Å². The number of nitrogens with one attached hydrogen (secondary N) is 1. The molecule has 0 aromatic heterocycles. The summed E-state index contributed by atoms with van der Waals surface area (Å²) in [6, 6.07) is 30.2. The van der Waals surface area contributed by atoms with Crippen LogP contribution in [0, 0.1) is 0 Å². The molecule has 1 aliphatic carbocycles. The number of aromatic nitrogens is 2. The molecule has 0 atom stereocenters. The van der Waals surface area contributed by atoms with E-state index in [0.717, 1.165) is 44.8 Å². The second kappa shape index (κ2) is 8.07. The lowest BCUT2D eigenvalue weighted by Crippen LogP contribution is -2.12. The SMILES string of the molecule is CN(C)c1cccc(N/N=c2\ccc3nc4ccc(N)cc4n(-c4ccccc4)c-3c2)c1. The van der Waals surface area contributed by atoms with Crippen molar-refractivity contribution in [3.8, 4) is 17.1 Å². The quantitative estimate of drug-likeness (QED) is 0.251. The maximum atomic E-state index is 6.12. The summed E-state index contributed by atoms with van der Waals surface area (Å²) in [5, 5.41) is 5.43. The first-order valence-corrected chi connectivity index (χ1v) is 10.4. The summed E-state index contributed by atoms with van der Waals surface area (Å²) in [6.07, 6.45) is 0. The number of benzene rings is 4. The monoisotopic (exact) mass is 420 g/mol. The Balaban J connectivity index is 1.67. The van der Waals surface area contributed by atoms with E-state index in [2.05, 4.69) is 44.3 Å². The smallest absolute Gasteiger partial charge is 0.0879 e. The fourth-order valence-corrected chi connectivity index (χ4v) is 3.77. The molecule has 0 radical (unpaired) electrons. The van der Waals surface area contributed by atoms with Crippen LogP contribution in [0.15, 0.2) is 96.1 Å². The zero-order chi connectivity index (χ0) is 22.1. The molecule has 32 heavy (non-hydrogen) atoms. The van der Waals surface area contributed by atoms with Gasteiger partial charge in [-0.25, -0.2) is 4.98 Å². The van der Waals surface area contributed by atoms with Crippen LogP contribution < -0.4 is 21.4 Å². The van der Waals surface area contributed by atoms with Crippen LogP contribution in [0.4, 0.5) is 17.1 Å². The lowest BCUT2D eigenvalue weighted by atomic mass is 10.1. The summed E-state index contributed by atoms with van der Waals surface area (Å²) in [4.78, 5) is 6.91. The number of anilines is 3. The molecule has 3 N–H and O–H groups in total. The van der Waals surface area contributed by atoms with Crippen molar-refractivity contribution in [3.63, 3.8) is 0 Å². The molecule has 0 bridgehead atoms. The molecular weight excluding hydrogens is 396 g/mol. The topological polar surface area (TPSA) is 71.5 Å². The number of nitrogens with zero attached hydrogens (tertiary/aromatic N) is 4. The second-order valence-corrected chi connectivity index (χ2v) is 7.87. The van der Waals surface area contributed by atoms with E-state index in [0.29, 0.717) is 5.69 Å². The van der Waals surface area contributed by atoms with E-state index >= 15 is 0 Å². The molecule has 5 rings (SSSR count). The van der Waals surface area contributed by atoms with Crippen LogP contribution in [0.2, 0.25) is 0 Å². The van der Waals surface area contributed by atoms with E-state index in [1.54, 1.807) is 0 Å². The van der Waals surface area contributed by atoms with Crippen molar-refractivity contribution in [2.45, 2.75) is 0 Å². The normalized spacial score (nSPS) is 11.8. The maximum Gasteiger partial charge on any atom is 0.0879 e. The van der Waals surface area contributed by atoms with Crippen LogP contribution in [0.3, 0.4) is 0 Å². The molecule has 0 fully saturated rings. The molecule has 158 valence electrons. The first-order chi connectivity index (χ1) is 15.6. The highest BCUT2D eigenvalue weighted by molar-refractivity contribution is 5.85. The van der Waals surface area contributed by atoms with Gasteiger partial charge in [-0.3, -0.25) is 5.43 Å². The van der Waals surface area contributed by atoms with Crippen molar-refractivity contribution < 1.29 is 0 Å². The Hall–Kier alpha value is -4.32. The molecule has 2 aliphatic rings. The van der Waals surface area contributed by atoms with Crippen molar-refractivity contribution in [3.05, 3.63) is 96.4 Å². The summed E-state index contributed by atoms with van der Waals surface area (Å²) < 4.78 is 2.18. The molecule has 0 saturated heterocycles. The summed E-state index contributed by atoms with van der Waals surface area (Å²) in [6.45, 7) is 0. The highest BCUT2D eigenvalue weighted by atomic mass is 15.3. The predicted molar refractivity (Wildman–Crippen MR) is 132 cm³/mol. The van der Waals surface area contributed by atoms with Gasteiger partial charge in [0.05, 0.1) is 33.5 Å². The van der Waals surface area contributed by atoms with Crippen molar-refractivity contribution in [1.82, 2.24) is 9.55 Å². The van der Waals surface area contributed by atoms with E-state index in [1.807, 2.05) is 80.8 Å². The zero-order valence-corrected chi connectivity index (χ0v) is 18.0. The van der Waals surface area contributed by atoms with Crippen LogP contribution in [0.25, 0.3) is 28.1 Å². The van der Waals surface area contributed by atoms with Gasteiger partial charge in [0.2, 0.25) is 0 Å². The van der Waals surface area contributed by atoms with Gasteiger partial charge in [0, 0.05) is 31.2 Å². The number of hydrogen-bond donors (Lipinski definition) is 2. The van der Waals surface area contributed by atoms with E-state index in [4.69, 9.17) is 10.7 Å². The molecule has 0 saturated carbocycles. The summed E-state index contributed by atoms with van der Waals surface area (Å²) in [7, 11) is 4.04. The van der Waals surface area contributed by atoms with Crippen LogP contribution in [-0.4, -0.2) is 23.6 Å². The number of nitrogen functional groups attached to an aromatic ring is 1. The minimum atomic E-state index is 0.701. The van der Waals surface area contributed by atoms with Crippen LogP contribution in [0.5, 0.6) is 0 Å². The highest BCUT2D eigenvalue weighted by Gasteiger charge is 2.14. The van der Waals surface area contributed by atoms with Gasteiger partial charge >= 0.3 is 0 Å². The number of rotatable bonds is 4. The molecule has 0 spiro atoms. The minimum Gasteiger partial charge on any atom is -0.399 e. The molecule has 1 heterocycles. The van der Waals surface area contributed by atoms with Gasteiger partial charge in [0.1, 0.15) is 0 Å². The van der Waals surface area contributed by atoms with Gasteiger partial charge in [-0.15, -0.1) is 0 Å². The molecular formula is C26H24N6. The standard InChI is InChI=1S/C26H24N6/c1-31(2)22-10-6-7-19(16-22)29-30-20-12-14-24-26(17-20)32(21-8-4-3-5-9-21)25-15-18(27)11-13-23(25)28-24/h3-17,29H,27H2,1-2H3/b30-20+. The third-order valence-corrected chi connectivity index (χ3v) is 5.37. The van der Waals surface area contributed by atoms with Crippen molar-refractivity contribution in [2.75, 3.05) is 30.2 Å². The number of nitrogens with two attached hydrogens (primary N) is 1. The van der Waals surface area contributed by atoms with Gasteiger partial charge in [0.25, 0.3) is 0 Å². The summed E-state index contributed by atoms with van der Waals surface area (Å²) in [5.74, 6) is 0. The van der Waals surface area contributed by atoms with Gasteiger partial charge in [-0.1, -0.05) is 24.3 Å². The van der Waals surface area contributed by atoms with Crippen molar-refractivity contribution in [1.29, 1.82) is 0 Å². The lowest BCUT2D eigenvalue weighted by molar-refractivity contribution is 1.07. The Kier molecular flexibility index (Phi) is 4.95. The second-order valence-electron chi connectivity index (χ2n) is 7.87. The highest BCUT2D eigenvalue weighted by Crippen LogP contribution is 2.29. The third kappa shape index (κ3) is 3.74. The Morgan fingerprint density at radius 1 is 0.875 bits per heavy atom. The van der Waals surface area contributed by atoms with E-state index < -0.39 is 0 Å². The molecule has 3 aromatic rings. The first-order valence-electron chi connectivity index (χ1n) is 10.4. The Morgan fingerprint density at radius 2 is 1.72 bits per heavy atom. The predicted octanol–water partition coefficient (Wildman–Crippen LogP) is 4.71. The van der Waals surface area contributed by atoms with E-state index in [1.165, 1.54) is 0 Å². The van der Waals surface area contributed by atoms with Gasteiger partial charge in [-0.05, 0) is 66.7 Å². The van der Waals surface area contributed by atoms with Crippen molar-refractivity contribution in [2.24, 2.45) is 5.10 Å². The van der Waals surface area contributed by atoms with E-state index in [9.17, 15) is 0 Å². The van der Waals surface area contributed by atoms with Crippen molar-refractivity contribution >= 4 is 28.1 Å². The fraction of sp³-hybridized carbons (Fsp3) is 0.0769. The largest absolute Gasteiger partial charge is 0.399 e. The average molecular weight is 421 g/mol. The molecule has 3 aromatic carbocycles. The Labute approximate surface area is 186 Å². The zero-order valence-electron chi connectivity index (χ0n) is 18.0. The number of para-hydroxylation sites is 1. The maximum absolute atomic E-state index is 6.12. The summed E-state index contributed by atoms with van der Waals surface area (Å²) in [5.41, 5.74) is 16.8. The minimum absolute atomic E-state index is 0.701. The fourth-order valence-electron chi connectivity index (χ4n) is 3.77. The van der Waals surface area contributed by atoms with Gasteiger partial charge < -0.3 is 15.2 Å². The summed E-state index contributed by atoms with van der Waals surface area (Å²) >= 11 is 0.